The summed E-state index contributed by atoms with van der Waals surface area (Å²) in [4.78, 5) is 6.85. The molecule has 0 radical (unpaired) electrons. The Balaban J connectivity index is 1.48. The van der Waals surface area contributed by atoms with Gasteiger partial charge in [0.05, 0.1) is 12.6 Å². The lowest BCUT2D eigenvalue weighted by Crippen LogP contribution is -2.23. The zero-order valence-corrected chi connectivity index (χ0v) is 11.6. The molecular weight excluding hydrogens is 256 g/mol. The summed E-state index contributed by atoms with van der Waals surface area (Å²) >= 11 is 0. The molecular formula is C14H18N4O2. The van der Waals surface area contributed by atoms with Gasteiger partial charge in [-0.25, -0.2) is 0 Å². The zero-order chi connectivity index (χ0) is 13.5. The van der Waals surface area contributed by atoms with Crippen molar-refractivity contribution in [2.45, 2.75) is 51.1 Å². The normalized spacial score (nSPS) is 23.6. The monoisotopic (exact) mass is 274 g/mol. The van der Waals surface area contributed by atoms with Gasteiger partial charge < -0.3 is 9.05 Å². The van der Waals surface area contributed by atoms with E-state index in [9.17, 15) is 0 Å². The Morgan fingerprint density at radius 3 is 2.90 bits per heavy atom. The molecule has 6 heteroatoms. The highest BCUT2D eigenvalue weighted by Crippen LogP contribution is 2.38. The predicted octanol–water partition coefficient (Wildman–Crippen LogP) is 2.58. The maximum atomic E-state index is 5.37. The highest BCUT2D eigenvalue weighted by molar-refractivity contribution is 5.11. The van der Waals surface area contributed by atoms with Gasteiger partial charge in [0.25, 0.3) is 0 Å². The first-order valence-corrected chi connectivity index (χ1v) is 7.29. The molecule has 1 atom stereocenters. The summed E-state index contributed by atoms with van der Waals surface area (Å²) < 4.78 is 10.6. The molecule has 2 aromatic rings. The van der Waals surface area contributed by atoms with Gasteiger partial charge in [-0.2, -0.15) is 4.98 Å². The van der Waals surface area contributed by atoms with Gasteiger partial charge in [0.2, 0.25) is 5.89 Å². The van der Waals surface area contributed by atoms with E-state index in [2.05, 4.69) is 20.2 Å². The van der Waals surface area contributed by atoms with Crippen molar-refractivity contribution in [2.24, 2.45) is 0 Å². The Labute approximate surface area is 117 Å². The van der Waals surface area contributed by atoms with Crippen molar-refractivity contribution < 1.29 is 9.05 Å². The summed E-state index contributed by atoms with van der Waals surface area (Å²) in [6.07, 6.45) is 4.67. The van der Waals surface area contributed by atoms with Crippen LogP contribution in [-0.2, 0) is 6.54 Å². The Kier molecular flexibility index (Phi) is 2.84. The van der Waals surface area contributed by atoms with Crippen LogP contribution in [0.15, 0.2) is 15.1 Å². The number of nitrogens with zero attached hydrogens (tertiary/aromatic N) is 4. The van der Waals surface area contributed by atoms with Gasteiger partial charge in [0, 0.05) is 12.0 Å². The maximum Gasteiger partial charge on any atom is 0.240 e. The van der Waals surface area contributed by atoms with E-state index in [-0.39, 0.29) is 0 Å². The van der Waals surface area contributed by atoms with Crippen molar-refractivity contribution >= 4 is 0 Å². The van der Waals surface area contributed by atoms with Crippen LogP contribution in [-0.4, -0.2) is 26.7 Å². The molecule has 0 aromatic carbocycles. The molecule has 0 unspecified atom stereocenters. The smallest absolute Gasteiger partial charge is 0.240 e. The number of hydrogen-bond acceptors (Lipinski definition) is 6. The van der Waals surface area contributed by atoms with Gasteiger partial charge in [0.1, 0.15) is 11.5 Å². The van der Waals surface area contributed by atoms with Crippen molar-refractivity contribution in [3.8, 4) is 0 Å². The minimum Gasteiger partial charge on any atom is -0.361 e. The number of hydrogen-bond donors (Lipinski definition) is 0. The zero-order valence-electron chi connectivity index (χ0n) is 11.6. The molecule has 1 aliphatic carbocycles. The van der Waals surface area contributed by atoms with Crippen molar-refractivity contribution in [1.29, 1.82) is 0 Å². The van der Waals surface area contributed by atoms with Gasteiger partial charge in [-0.15, -0.1) is 0 Å². The number of rotatable bonds is 4. The second-order valence-corrected chi connectivity index (χ2v) is 5.81. The molecule has 106 valence electrons. The lowest BCUT2D eigenvalue weighted by atomic mass is 10.1. The summed E-state index contributed by atoms with van der Waals surface area (Å²) in [7, 11) is 0. The van der Waals surface area contributed by atoms with Crippen molar-refractivity contribution in [3.63, 3.8) is 0 Å². The second-order valence-electron chi connectivity index (χ2n) is 5.81. The number of aryl methyl sites for hydroxylation is 1. The SMILES string of the molecule is Cc1cc([C@H]2CCCN2Cc2nc(C3CC3)no2)no1. The molecule has 3 heterocycles. The average Bonchev–Trinajstić information content (AvgIpc) is 2.86. The first-order chi connectivity index (χ1) is 9.79. The van der Waals surface area contributed by atoms with Gasteiger partial charge in [-0.1, -0.05) is 10.3 Å². The van der Waals surface area contributed by atoms with Crippen molar-refractivity contribution in [3.05, 3.63) is 29.2 Å². The lowest BCUT2D eigenvalue weighted by Gasteiger charge is -2.20. The fourth-order valence-corrected chi connectivity index (χ4v) is 2.91. The molecule has 2 aliphatic rings. The summed E-state index contributed by atoms with van der Waals surface area (Å²) in [6, 6.07) is 2.33. The Morgan fingerprint density at radius 1 is 1.25 bits per heavy atom. The molecule has 1 aliphatic heterocycles. The molecule has 0 spiro atoms. The first-order valence-electron chi connectivity index (χ1n) is 7.29. The third-order valence-corrected chi connectivity index (χ3v) is 4.12. The fraction of sp³-hybridized carbons (Fsp3) is 0.643. The van der Waals surface area contributed by atoms with Crippen LogP contribution < -0.4 is 0 Å². The summed E-state index contributed by atoms with van der Waals surface area (Å²) in [5.74, 6) is 3.01. The predicted molar refractivity (Wildman–Crippen MR) is 69.9 cm³/mol. The number of aromatic nitrogens is 3. The van der Waals surface area contributed by atoms with E-state index in [1.165, 1.54) is 19.3 Å². The summed E-state index contributed by atoms with van der Waals surface area (Å²) in [5.41, 5.74) is 1.02. The van der Waals surface area contributed by atoms with Crippen LogP contribution in [0.4, 0.5) is 0 Å². The third-order valence-electron chi connectivity index (χ3n) is 4.12. The molecule has 1 saturated carbocycles. The van der Waals surface area contributed by atoms with Crippen LogP contribution in [0.1, 0.15) is 60.8 Å². The molecule has 6 nitrogen and oxygen atoms in total. The minimum absolute atomic E-state index is 0.309. The quantitative estimate of drug-likeness (QED) is 0.853. The van der Waals surface area contributed by atoms with Gasteiger partial charge in [-0.3, -0.25) is 4.90 Å². The topological polar surface area (TPSA) is 68.2 Å². The van der Waals surface area contributed by atoms with E-state index in [0.717, 1.165) is 36.1 Å². The van der Waals surface area contributed by atoms with Crippen LogP contribution >= 0.6 is 0 Å². The largest absolute Gasteiger partial charge is 0.361 e. The van der Waals surface area contributed by atoms with Crippen LogP contribution in [0, 0.1) is 6.92 Å². The average molecular weight is 274 g/mol. The Morgan fingerprint density at radius 2 is 2.15 bits per heavy atom. The highest BCUT2D eigenvalue weighted by atomic mass is 16.5. The second kappa shape index (κ2) is 4.70. The van der Waals surface area contributed by atoms with Gasteiger partial charge >= 0.3 is 0 Å². The molecule has 4 rings (SSSR count). The summed E-state index contributed by atoms with van der Waals surface area (Å²) in [5, 5.41) is 8.22. The van der Waals surface area contributed by atoms with Gasteiger partial charge in [0.15, 0.2) is 5.82 Å². The van der Waals surface area contributed by atoms with Crippen molar-refractivity contribution in [2.75, 3.05) is 6.54 Å². The summed E-state index contributed by atoms with van der Waals surface area (Å²) in [6.45, 7) is 3.67. The van der Waals surface area contributed by atoms with E-state index in [0.29, 0.717) is 18.5 Å². The molecule has 2 aromatic heterocycles. The maximum absolute atomic E-state index is 5.37. The molecule has 0 amide bonds. The van der Waals surface area contributed by atoms with E-state index < -0.39 is 0 Å². The molecule has 20 heavy (non-hydrogen) atoms. The van der Waals surface area contributed by atoms with E-state index in [1.807, 2.05) is 13.0 Å². The minimum atomic E-state index is 0.309. The molecule has 0 N–H and O–H groups in total. The first kappa shape index (κ1) is 12.1. The molecule has 2 fully saturated rings. The van der Waals surface area contributed by atoms with Crippen LogP contribution in [0.3, 0.4) is 0 Å². The van der Waals surface area contributed by atoms with Crippen LogP contribution in [0.5, 0.6) is 0 Å². The Hall–Kier alpha value is -1.69. The van der Waals surface area contributed by atoms with Crippen molar-refractivity contribution in [1.82, 2.24) is 20.2 Å². The van der Waals surface area contributed by atoms with E-state index in [1.54, 1.807) is 0 Å². The highest BCUT2D eigenvalue weighted by Gasteiger charge is 2.32. The van der Waals surface area contributed by atoms with Crippen LogP contribution in [0.25, 0.3) is 0 Å². The molecule has 1 saturated heterocycles. The lowest BCUT2D eigenvalue weighted by molar-refractivity contribution is 0.205. The third kappa shape index (κ3) is 2.24. The van der Waals surface area contributed by atoms with E-state index >= 15 is 0 Å². The fourth-order valence-electron chi connectivity index (χ4n) is 2.91. The van der Waals surface area contributed by atoms with Gasteiger partial charge in [-0.05, 0) is 39.2 Å². The standard InChI is InChI=1S/C14H18N4O2/c1-9-7-11(16-19-9)12-3-2-6-18(12)8-13-15-14(17-20-13)10-4-5-10/h7,10,12H,2-6,8H2,1H3/t12-/m1/s1. The number of likely N-dealkylation sites (tertiary alicyclic amines) is 1. The van der Waals surface area contributed by atoms with Crippen LogP contribution in [0.2, 0.25) is 0 Å². The van der Waals surface area contributed by atoms with E-state index in [4.69, 9.17) is 9.05 Å². The molecule has 0 bridgehead atoms. The Bertz CT molecular complexity index is 602.